The topological polar surface area (TPSA) is 21.3 Å². The zero-order valence-corrected chi connectivity index (χ0v) is 12.4. The summed E-state index contributed by atoms with van der Waals surface area (Å²) in [6, 6.07) is 11.7. The van der Waals surface area contributed by atoms with Crippen molar-refractivity contribution in [2.45, 2.75) is 25.8 Å². The van der Waals surface area contributed by atoms with Gasteiger partial charge in [-0.2, -0.15) is 0 Å². The molecule has 0 aliphatic heterocycles. The first-order valence-corrected chi connectivity index (χ1v) is 7.43. The molecule has 0 radical (unpaired) electrons. The number of nitrogens with one attached hydrogen (secondary N) is 1. The normalized spacial score (nSPS) is 16.8. The Balaban J connectivity index is 1.95. The number of methoxy groups -OCH3 is 1. The maximum absolute atomic E-state index is 14.2. The number of aryl methyl sites for hydroxylation is 1. The molecule has 1 N–H and O–H groups in total. The van der Waals surface area contributed by atoms with Gasteiger partial charge in [-0.15, -0.1) is 0 Å². The van der Waals surface area contributed by atoms with Crippen LogP contribution < -0.4 is 10.1 Å². The van der Waals surface area contributed by atoms with Crippen molar-refractivity contribution < 1.29 is 9.13 Å². The number of rotatable bonds is 4. The molecular formula is C18H20FNO. The van der Waals surface area contributed by atoms with Crippen molar-refractivity contribution in [3.05, 3.63) is 53.3 Å². The lowest BCUT2D eigenvalue weighted by atomic mass is 9.99. The van der Waals surface area contributed by atoms with E-state index in [0.717, 1.165) is 24.9 Å². The molecule has 1 aliphatic rings. The molecule has 0 bridgehead atoms. The lowest BCUT2D eigenvalue weighted by Crippen LogP contribution is -2.18. The second-order valence-corrected chi connectivity index (χ2v) is 5.41. The summed E-state index contributed by atoms with van der Waals surface area (Å²) in [6.45, 7) is 3.10. The van der Waals surface area contributed by atoms with Crippen LogP contribution >= 0.6 is 0 Å². The van der Waals surface area contributed by atoms with Crippen molar-refractivity contribution in [2.24, 2.45) is 0 Å². The van der Waals surface area contributed by atoms with Crippen molar-refractivity contribution in [3.63, 3.8) is 0 Å². The van der Waals surface area contributed by atoms with Gasteiger partial charge < -0.3 is 10.1 Å². The van der Waals surface area contributed by atoms with Gasteiger partial charge in [-0.1, -0.05) is 25.1 Å². The highest BCUT2D eigenvalue weighted by Gasteiger charge is 2.22. The molecule has 0 aromatic heterocycles. The average molecular weight is 285 g/mol. The summed E-state index contributed by atoms with van der Waals surface area (Å²) in [7, 11) is 1.55. The summed E-state index contributed by atoms with van der Waals surface area (Å²) in [4.78, 5) is 0. The fourth-order valence-corrected chi connectivity index (χ4v) is 3.10. The Morgan fingerprint density at radius 1 is 1.24 bits per heavy atom. The largest absolute Gasteiger partial charge is 0.497 e. The Morgan fingerprint density at radius 2 is 2.10 bits per heavy atom. The molecule has 110 valence electrons. The first-order valence-electron chi connectivity index (χ1n) is 7.43. The van der Waals surface area contributed by atoms with Crippen LogP contribution in [0.15, 0.2) is 36.4 Å². The maximum atomic E-state index is 14.2. The molecule has 0 fully saturated rings. The first kappa shape index (κ1) is 14.1. The Hall–Kier alpha value is -1.87. The van der Waals surface area contributed by atoms with E-state index in [2.05, 4.69) is 24.4 Å². The molecule has 0 spiro atoms. The minimum atomic E-state index is -0.240. The van der Waals surface area contributed by atoms with Gasteiger partial charge in [0.1, 0.15) is 11.6 Å². The van der Waals surface area contributed by atoms with Crippen LogP contribution in [0, 0.1) is 5.82 Å². The monoisotopic (exact) mass is 285 g/mol. The van der Waals surface area contributed by atoms with Crippen LogP contribution in [0.25, 0.3) is 11.1 Å². The third-order valence-corrected chi connectivity index (χ3v) is 4.16. The van der Waals surface area contributed by atoms with Crippen LogP contribution in [0.5, 0.6) is 5.75 Å². The minimum absolute atomic E-state index is 0.240. The summed E-state index contributed by atoms with van der Waals surface area (Å²) in [6.07, 6.45) is 2.18. The summed E-state index contributed by atoms with van der Waals surface area (Å²) >= 11 is 0. The molecule has 3 rings (SSSR count). The van der Waals surface area contributed by atoms with Crippen LogP contribution in [0.4, 0.5) is 4.39 Å². The number of ether oxygens (including phenoxy) is 1. The SMILES string of the molecule is CCNC1CCc2cc(-c3ccc(OC)cc3F)ccc21. The van der Waals surface area contributed by atoms with Crippen molar-refractivity contribution >= 4 is 0 Å². The van der Waals surface area contributed by atoms with Gasteiger partial charge in [0, 0.05) is 17.7 Å². The Morgan fingerprint density at radius 3 is 2.81 bits per heavy atom. The second kappa shape index (κ2) is 5.86. The fraction of sp³-hybridized carbons (Fsp3) is 0.333. The van der Waals surface area contributed by atoms with Gasteiger partial charge >= 0.3 is 0 Å². The average Bonchev–Trinajstić information content (AvgIpc) is 2.90. The smallest absolute Gasteiger partial charge is 0.134 e. The van der Waals surface area contributed by atoms with Gasteiger partial charge in [0.25, 0.3) is 0 Å². The zero-order chi connectivity index (χ0) is 14.8. The Bertz CT molecular complexity index is 654. The second-order valence-electron chi connectivity index (χ2n) is 5.41. The van der Waals surface area contributed by atoms with E-state index in [1.165, 1.54) is 17.2 Å². The molecular weight excluding hydrogens is 265 g/mol. The van der Waals surface area contributed by atoms with Crippen LogP contribution in [0.1, 0.15) is 30.5 Å². The highest BCUT2D eigenvalue weighted by atomic mass is 19.1. The molecule has 0 saturated heterocycles. The summed E-state index contributed by atoms with van der Waals surface area (Å²) in [5.74, 6) is 0.306. The number of fused-ring (bicyclic) bond motifs is 1. The van der Waals surface area contributed by atoms with Gasteiger partial charge in [-0.05, 0) is 48.2 Å². The predicted octanol–water partition coefficient (Wildman–Crippen LogP) is 4.10. The highest BCUT2D eigenvalue weighted by Crippen LogP contribution is 2.35. The molecule has 0 saturated carbocycles. The zero-order valence-electron chi connectivity index (χ0n) is 12.4. The summed E-state index contributed by atoms with van der Waals surface area (Å²) in [5, 5.41) is 3.50. The van der Waals surface area contributed by atoms with Crippen LogP contribution in [0.2, 0.25) is 0 Å². The standard InChI is InChI=1S/C18H20FNO/c1-3-20-18-9-5-13-10-12(4-7-16(13)18)15-8-6-14(21-2)11-17(15)19/h4,6-8,10-11,18,20H,3,5,9H2,1-2H3. The number of halogens is 1. The molecule has 21 heavy (non-hydrogen) atoms. The van der Waals surface area contributed by atoms with E-state index in [-0.39, 0.29) is 5.82 Å². The number of hydrogen-bond donors (Lipinski definition) is 1. The Kier molecular flexibility index (Phi) is 3.93. The van der Waals surface area contributed by atoms with Crippen molar-refractivity contribution in [2.75, 3.05) is 13.7 Å². The Labute approximate surface area is 125 Å². The molecule has 2 nitrogen and oxygen atoms in total. The van der Waals surface area contributed by atoms with E-state index in [1.54, 1.807) is 19.2 Å². The third kappa shape index (κ3) is 2.66. The number of hydrogen-bond acceptors (Lipinski definition) is 2. The molecule has 0 heterocycles. The lowest BCUT2D eigenvalue weighted by molar-refractivity contribution is 0.411. The van der Waals surface area contributed by atoms with E-state index < -0.39 is 0 Å². The molecule has 1 aliphatic carbocycles. The van der Waals surface area contributed by atoms with Gasteiger partial charge in [0.2, 0.25) is 0 Å². The van der Waals surface area contributed by atoms with Crippen LogP contribution in [-0.2, 0) is 6.42 Å². The first-order chi connectivity index (χ1) is 10.2. The van der Waals surface area contributed by atoms with E-state index >= 15 is 0 Å². The molecule has 3 heteroatoms. The molecule has 2 aromatic carbocycles. The maximum Gasteiger partial charge on any atom is 0.134 e. The van der Waals surface area contributed by atoms with Crippen LogP contribution in [-0.4, -0.2) is 13.7 Å². The molecule has 1 atom stereocenters. The minimum Gasteiger partial charge on any atom is -0.497 e. The summed E-state index contributed by atoms with van der Waals surface area (Å²) < 4.78 is 19.2. The number of benzene rings is 2. The third-order valence-electron chi connectivity index (χ3n) is 4.16. The van der Waals surface area contributed by atoms with Gasteiger partial charge in [-0.25, -0.2) is 4.39 Å². The van der Waals surface area contributed by atoms with Gasteiger partial charge in [-0.3, -0.25) is 0 Å². The van der Waals surface area contributed by atoms with Crippen LogP contribution in [0.3, 0.4) is 0 Å². The van der Waals surface area contributed by atoms with Crippen molar-refractivity contribution in [1.29, 1.82) is 0 Å². The van der Waals surface area contributed by atoms with Gasteiger partial charge in [0.15, 0.2) is 0 Å². The van der Waals surface area contributed by atoms with Gasteiger partial charge in [0.05, 0.1) is 7.11 Å². The lowest BCUT2D eigenvalue weighted by Gasteiger charge is -2.13. The quantitative estimate of drug-likeness (QED) is 0.913. The van der Waals surface area contributed by atoms with E-state index in [1.807, 2.05) is 6.07 Å². The summed E-state index contributed by atoms with van der Waals surface area (Å²) in [5.41, 5.74) is 4.25. The van der Waals surface area contributed by atoms with E-state index in [4.69, 9.17) is 4.74 Å². The van der Waals surface area contributed by atoms with Crippen molar-refractivity contribution in [1.82, 2.24) is 5.32 Å². The molecule has 0 amide bonds. The predicted molar refractivity (Wildman–Crippen MR) is 83.1 cm³/mol. The van der Waals surface area contributed by atoms with E-state index in [9.17, 15) is 4.39 Å². The highest BCUT2D eigenvalue weighted by molar-refractivity contribution is 5.67. The van der Waals surface area contributed by atoms with E-state index in [0.29, 0.717) is 17.4 Å². The fourth-order valence-electron chi connectivity index (χ4n) is 3.10. The van der Waals surface area contributed by atoms with Crippen molar-refractivity contribution in [3.8, 4) is 16.9 Å². The molecule has 1 unspecified atom stereocenters. The molecule has 2 aromatic rings.